The predicted octanol–water partition coefficient (Wildman–Crippen LogP) is 5.47. The Morgan fingerprint density at radius 1 is 0.844 bits per heavy atom. The molecule has 3 aromatic rings. The molecule has 3 aromatic carbocycles. The first kappa shape index (κ1) is 23.7. The van der Waals surface area contributed by atoms with Gasteiger partial charge in [-0.3, -0.25) is 4.79 Å². The van der Waals surface area contributed by atoms with E-state index < -0.39 is 0 Å². The summed E-state index contributed by atoms with van der Waals surface area (Å²) in [5.74, 6) is 2.39. The molecule has 0 bridgehead atoms. The third-order valence-electron chi connectivity index (χ3n) is 5.24. The van der Waals surface area contributed by atoms with Gasteiger partial charge in [0, 0.05) is 6.54 Å². The normalized spacial score (nSPS) is 11.6. The number of amides is 1. The summed E-state index contributed by atoms with van der Waals surface area (Å²) in [5.41, 5.74) is 3.47. The first-order chi connectivity index (χ1) is 15.7. The molecule has 0 radical (unpaired) electrons. The van der Waals surface area contributed by atoms with Crippen molar-refractivity contribution in [2.75, 3.05) is 26.5 Å². The number of hydrogen-bond acceptors (Lipinski definition) is 4. The van der Waals surface area contributed by atoms with Gasteiger partial charge in [-0.1, -0.05) is 66.7 Å². The van der Waals surface area contributed by atoms with Crippen molar-refractivity contribution in [3.05, 3.63) is 95.6 Å². The highest BCUT2D eigenvalue weighted by Crippen LogP contribution is 2.30. The molecular formula is C27H31NO3S. The number of thioether (sulfide) groups is 1. The van der Waals surface area contributed by atoms with E-state index in [4.69, 9.17) is 9.47 Å². The highest BCUT2D eigenvalue weighted by atomic mass is 32.2. The molecule has 0 aliphatic carbocycles. The third-order valence-corrected chi connectivity index (χ3v) is 6.58. The van der Waals surface area contributed by atoms with Crippen molar-refractivity contribution in [2.24, 2.45) is 0 Å². The molecule has 0 saturated heterocycles. The van der Waals surface area contributed by atoms with Crippen LogP contribution >= 0.6 is 11.8 Å². The Labute approximate surface area is 195 Å². The van der Waals surface area contributed by atoms with Crippen molar-refractivity contribution in [2.45, 2.75) is 24.5 Å². The van der Waals surface area contributed by atoms with E-state index in [1.807, 2.05) is 54.6 Å². The Hall–Kier alpha value is -2.92. The van der Waals surface area contributed by atoms with Gasteiger partial charge in [0.15, 0.2) is 11.5 Å². The molecule has 0 spiro atoms. The van der Waals surface area contributed by atoms with Crippen LogP contribution in [0, 0.1) is 0 Å². The molecule has 0 heterocycles. The quantitative estimate of drug-likeness (QED) is 0.373. The minimum absolute atomic E-state index is 0.0568. The second-order valence-electron chi connectivity index (χ2n) is 7.48. The van der Waals surface area contributed by atoms with E-state index in [0.29, 0.717) is 18.0 Å². The number of carbonyl (C=O) groups excluding carboxylic acids is 1. The molecule has 1 N–H and O–H groups in total. The maximum Gasteiger partial charge on any atom is 0.237 e. The smallest absolute Gasteiger partial charge is 0.237 e. The largest absolute Gasteiger partial charge is 0.493 e. The lowest BCUT2D eigenvalue weighted by atomic mass is 10.1. The van der Waals surface area contributed by atoms with Crippen LogP contribution < -0.4 is 14.8 Å². The molecule has 1 amide bonds. The fourth-order valence-corrected chi connectivity index (χ4v) is 4.66. The number of methoxy groups -OCH3 is 2. The van der Waals surface area contributed by atoms with Crippen LogP contribution in [0.25, 0.3) is 0 Å². The number of rotatable bonds is 12. The van der Waals surface area contributed by atoms with E-state index in [-0.39, 0.29) is 11.2 Å². The second-order valence-corrected chi connectivity index (χ2v) is 8.69. The molecule has 3 rings (SSSR count). The lowest BCUT2D eigenvalue weighted by Crippen LogP contribution is -2.30. The SMILES string of the molecule is COc1ccc(CCNC(=O)C(SCCCc2ccccc2)c2ccccc2)cc1OC. The monoisotopic (exact) mass is 449 g/mol. The standard InChI is InChI=1S/C27H31NO3S/c1-30-24-16-15-22(20-25(24)31-2)17-18-28-27(29)26(23-13-7-4-8-14-23)32-19-9-12-21-10-5-3-6-11-21/h3-8,10-11,13-16,20,26H,9,12,17-19H2,1-2H3,(H,28,29). The maximum atomic E-state index is 13.0. The average Bonchev–Trinajstić information content (AvgIpc) is 2.85. The third kappa shape index (κ3) is 7.06. The first-order valence-corrected chi connectivity index (χ1v) is 11.9. The van der Waals surface area contributed by atoms with Crippen molar-refractivity contribution in [3.63, 3.8) is 0 Å². The molecule has 1 atom stereocenters. The van der Waals surface area contributed by atoms with Gasteiger partial charge in [0.2, 0.25) is 5.91 Å². The van der Waals surface area contributed by atoms with Crippen molar-refractivity contribution in [1.29, 1.82) is 0 Å². The van der Waals surface area contributed by atoms with Crippen LogP contribution in [0.4, 0.5) is 0 Å². The topological polar surface area (TPSA) is 47.6 Å². The molecule has 4 nitrogen and oxygen atoms in total. The van der Waals surface area contributed by atoms with E-state index in [1.54, 1.807) is 26.0 Å². The number of ether oxygens (including phenoxy) is 2. The Morgan fingerprint density at radius 3 is 2.22 bits per heavy atom. The van der Waals surface area contributed by atoms with Crippen LogP contribution in [0.3, 0.4) is 0 Å². The van der Waals surface area contributed by atoms with Gasteiger partial charge in [0.05, 0.1) is 14.2 Å². The zero-order valence-corrected chi connectivity index (χ0v) is 19.6. The summed E-state index contributed by atoms with van der Waals surface area (Å²) in [6.07, 6.45) is 2.79. The predicted molar refractivity (Wildman–Crippen MR) is 133 cm³/mol. The van der Waals surface area contributed by atoms with E-state index in [9.17, 15) is 4.79 Å². The summed E-state index contributed by atoms with van der Waals surface area (Å²) in [5, 5.41) is 2.91. The Morgan fingerprint density at radius 2 is 1.53 bits per heavy atom. The number of aryl methyl sites for hydroxylation is 1. The van der Waals surface area contributed by atoms with Gasteiger partial charge < -0.3 is 14.8 Å². The molecule has 0 aliphatic heterocycles. The van der Waals surface area contributed by atoms with E-state index in [1.165, 1.54) is 5.56 Å². The van der Waals surface area contributed by atoms with Crippen LogP contribution in [0.1, 0.15) is 28.4 Å². The Kier molecular flexibility index (Phi) is 9.51. The zero-order valence-electron chi connectivity index (χ0n) is 18.8. The molecule has 5 heteroatoms. The fourth-order valence-electron chi connectivity index (χ4n) is 3.53. The van der Waals surface area contributed by atoms with Crippen molar-refractivity contribution >= 4 is 17.7 Å². The summed E-state index contributed by atoms with van der Waals surface area (Å²) >= 11 is 1.71. The molecule has 0 aliphatic rings. The number of carbonyl (C=O) groups is 1. The summed E-state index contributed by atoms with van der Waals surface area (Å²) < 4.78 is 10.7. The zero-order chi connectivity index (χ0) is 22.6. The lowest BCUT2D eigenvalue weighted by molar-refractivity contribution is -0.120. The molecule has 1 unspecified atom stereocenters. The highest BCUT2D eigenvalue weighted by molar-refractivity contribution is 8.00. The Balaban J connectivity index is 1.54. The van der Waals surface area contributed by atoms with Gasteiger partial charge in [0.25, 0.3) is 0 Å². The van der Waals surface area contributed by atoms with E-state index >= 15 is 0 Å². The van der Waals surface area contributed by atoms with Gasteiger partial charge in [-0.25, -0.2) is 0 Å². The molecule has 32 heavy (non-hydrogen) atoms. The maximum absolute atomic E-state index is 13.0. The van der Waals surface area contributed by atoms with Crippen LogP contribution in [-0.2, 0) is 17.6 Å². The minimum atomic E-state index is -0.211. The molecule has 0 saturated carbocycles. The van der Waals surface area contributed by atoms with Crippen LogP contribution in [0.15, 0.2) is 78.9 Å². The second kappa shape index (κ2) is 12.8. The Bertz CT molecular complexity index is 963. The molecular weight excluding hydrogens is 418 g/mol. The van der Waals surface area contributed by atoms with Gasteiger partial charge >= 0.3 is 0 Å². The molecule has 0 fully saturated rings. The van der Waals surface area contributed by atoms with Crippen molar-refractivity contribution < 1.29 is 14.3 Å². The van der Waals surface area contributed by atoms with Crippen molar-refractivity contribution in [3.8, 4) is 11.5 Å². The van der Waals surface area contributed by atoms with Crippen LogP contribution in [-0.4, -0.2) is 32.4 Å². The minimum Gasteiger partial charge on any atom is -0.493 e. The highest BCUT2D eigenvalue weighted by Gasteiger charge is 2.20. The summed E-state index contributed by atoms with van der Waals surface area (Å²) in [4.78, 5) is 13.0. The van der Waals surface area contributed by atoms with Crippen LogP contribution in [0.5, 0.6) is 11.5 Å². The summed E-state index contributed by atoms with van der Waals surface area (Å²) in [6.45, 7) is 0.572. The van der Waals surface area contributed by atoms with Crippen LogP contribution in [0.2, 0.25) is 0 Å². The van der Waals surface area contributed by atoms with Gasteiger partial charge in [-0.05, 0) is 53.8 Å². The van der Waals surface area contributed by atoms with E-state index in [2.05, 4.69) is 29.6 Å². The number of nitrogens with one attached hydrogen (secondary N) is 1. The number of benzene rings is 3. The molecule has 0 aromatic heterocycles. The van der Waals surface area contributed by atoms with Gasteiger partial charge in [-0.2, -0.15) is 0 Å². The lowest BCUT2D eigenvalue weighted by Gasteiger charge is -2.17. The summed E-state index contributed by atoms with van der Waals surface area (Å²) in [6, 6.07) is 26.4. The van der Waals surface area contributed by atoms with E-state index in [0.717, 1.165) is 36.1 Å². The first-order valence-electron chi connectivity index (χ1n) is 10.9. The van der Waals surface area contributed by atoms with Gasteiger partial charge in [-0.15, -0.1) is 11.8 Å². The number of hydrogen-bond donors (Lipinski definition) is 1. The summed E-state index contributed by atoms with van der Waals surface area (Å²) in [7, 11) is 3.25. The fraction of sp³-hybridized carbons (Fsp3) is 0.296. The molecule has 168 valence electrons. The van der Waals surface area contributed by atoms with Gasteiger partial charge in [0.1, 0.15) is 5.25 Å². The van der Waals surface area contributed by atoms with Crippen molar-refractivity contribution in [1.82, 2.24) is 5.32 Å². The average molecular weight is 450 g/mol.